The molecule has 0 aliphatic carbocycles. The summed E-state index contributed by atoms with van der Waals surface area (Å²) in [5.41, 5.74) is 2.11. The maximum Gasteiger partial charge on any atom is 0.281 e. The molecule has 0 radical (unpaired) electrons. The molecule has 2 aromatic rings. The summed E-state index contributed by atoms with van der Waals surface area (Å²) in [6, 6.07) is 0. The lowest BCUT2D eigenvalue weighted by atomic mass is 10.2. The van der Waals surface area contributed by atoms with E-state index < -0.39 is 0 Å². The van der Waals surface area contributed by atoms with E-state index >= 15 is 0 Å². The third-order valence-corrected chi connectivity index (χ3v) is 2.92. The van der Waals surface area contributed by atoms with Crippen LogP contribution in [0, 0.1) is 0 Å². The molecule has 1 N–H and O–H groups in total. The normalized spacial score (nSPS) is 11.2. The molecular formula is C12H18N4O. The quantitative estimate of drug-likeness (QED) is 0.873. The number of aromatic nitrogens is 4. The van der Waals surface area contributed by atoms with Crippen molar-refractivity contribution >= 4 is 11.0 Å². The van der Waals surface area contributed by atoms with Crippen molar-refractivity contribution in [2.24, 2.45) is 7.05 Å². The first-order chi connectivity index (χ1) is 8.19. The average molecular weight is 234 g/mol. The van der Waals surface area contributed by atoms with Crippen LogP contribution in [0.2, 0.25) is 0 Å². The summed E-state index contributed by atoms with van der Waals surface area (Å²) in [4.78, 5) is 16.7. The Morgan fingerprint density at radius 2 is 1.88 bits per heavy atom. The Labute approximate surface area is 99.9 Å². The number of rotatable bonds is 4. The standard InChI is InChI=1S/C12H18N4O/c1-4-6-8-10-11(15-14-8)12(17)16(3)9(13-10)7-5-2/h4-7H2,1-3H3,(H,14,15). The Balaban J connectivity index is 2.66. The number of aromatic amines is 1. The zero-order valence-electron chi connectivity index (χ0n) is 10.6. The molecule has 92 valence electrons. The van der Waals surface area contributed by atoms with E-state index in [9.17, 15) is 4.79 Å². The number of nitrogens with one attached hydrogen (secondary N) is 1. The van der Waals surface area contributed by atoms with Gasteiger partial charge in [-0.05, 0) is 12.8 Å². The highest BCUT2D eigenvalue weighted by Crippen LogP contribution is 2.12. The molecular weight excluding hydrogens is 216 g/mol. The van der Waals surface area contributed by atoms with Crippen molar-refractivity contribution < 1.29 is 0 Å². The summed E-state index contributed by atoms with van der Waals surface area (Å²) in [7, 11) is 1.76. The summed E-state index contributed by atoms with van der Waals surface area (Å²) in [6.45, 7) is 4.18. The molecule has 0 spiro atoms. The minimum Gasteiger partial charge on any atom is -0.298 e. The van der Waals surface area contributed by atoms with Crippen molar-refractivity contribution in [3.05, 3.63) is 21.9 Å². The molecule has 5 heteroatoms. The Bertz CT molecular complexity index is 582. The molecule has 0 aliphatic rings. The van der Waals surface area contributed by atoms with Crippen LogP contribution in [0.1, 0.15) is 38.2 Å². The second-order valence-corrected chi connectivity index (χ2v) is 4.29. The molecule has 0 aliphatic heterocycles. The number of hydrogen-bond donors (Lipinski definition) is 1. The summed E-state index contributed by atoms with van der Waals surface area (Å²) in [5.74, 6) is 0.837. The molecule has 0 unspecified atom stereocenters. The molecule has 2 aromatic heterocycles. The second-order valence-electron chi connectivity index (χ2n) is 4.29. The van der Waals surface area contributed by atoms with Crippen LogP contribution in [0.4, 0.5) is 0 Å². The zero-order valence-corrected chi connectivity index (χ0v) is 10.6. The summed E-state index contributed by atoms with van der Waals surface area (Å²) >= 11 is 0. The number of nitrogens with zero attached hydrogens (tertiary/aromatic N) is 3. The third kappa shape index (κ3) is 1.97. The van der Waals surface area contributed by atoms with Crippen LogP contribution in [0.5, 0.6) is 0 Å². The molecule has 0 bridgehead atoms. The fourth-order valence-corrected chi connectivity index (χ4v) is 1.99. The van der Waals surface area contributed by atoms with Crippen LogP contribution in [0.15, 0.2) is 4.79 Å². The topological polar surface area (TPSA) is 63.6 Å². The van der Waals surface area contributed by atoms with Crippen molar-refractivity contribution in [2.75, 3.05) is 0 Å². The van der Waals surface area contributed by atoms with Gasteiger partial charge in [0.25, 0.3) is 5.56 Å². The number of hydrogen-bond acceptors (Lipinski definition) is 3. The van der Waals surface area contributed by atoms with Crippen molar-refractivity contribution in [1.82, 2.24) is 19.7 Å². The van der Waals surface area contributed by atoms with Crippen LogP contribution in [0.25, 0.3) is 11.0 Å². The van der Waals surface area contributed by atoms with Gasteiger partial charge in [0.15, 0.2) is 5.52 Å². The van der Waals surface area contributed by atoms with E-state index in [0.717, 1.165) is 42.7 Å². The fraction of sp³-hybridized carbons (Fsp3) is 0.583. The van der Waals surface area contributed by atoms with Gasteiger partial charge in [0, 0.05) is 13.5 Å². The van der Waals surface area contributed by atoms with Crippen molar-refractivity contribution in [1.29, 1.82) is 0 Å². The lowest BCUT2D eigenvalue weighted by Crippen LogP contribution is -2.22. The van der Waals surface area contributed by atoms with Gasteiger partial charge in [-0.15, -0.1) is 0 Å². The molecule has 0 saturated heterocycles. The first kappa shape index (κ1) is 11.8. The van der Waals surface area contributed by atoms with Gasteiger partial charge in [0.1, 0.15) is 11.3 Å². The fourth-order valence-electron chi connectivity index (χ4n) is 1.99. The highest BCUT2D eigenvalue weighted by molar-refractivity contribution is 5.75. The van der Waals surface area contributed by atoms with Crippen LogP contribution in [-0.2, 0) is 19.9 Å². The van der Waals surface area contributed by atoms with Crippen molar-refractivity contribution in [3.8, 4) is 0 Å². The van der Waals surface area contributed by atoms with Crippen molar-refractivity contribution in [3.63, 3.8) is 0 Å². The van der Waals surface area contributed by atoms with Gasteiger partial charge in [0.2, 0.25) is 0 Å². The van der Waals surface area contributed by atoms with Gasteiger partial charge >= 0.3 is 0 Å². The van der Waals surface area contributed by atoms with E-state index in [1.807, 2.05) is 0 Å². The summed E-state index contributed by atoms with van der Waals surface area (Å²) in [5, 5.41) is 7.00. The zero-order chi connectivity index (χ0) is 12.4. The van der Waals surface area contributed by atoms with Crippen LogP contribution in [-0.4, -0.2) is 19.7 Å². The summed E-state index contributed by atoms with van der Waals surface area (Å²) < 4.78 is 1.60. The molecule has 0 saturated carbocycles. The Morgan fingerprint density at radius 1 is 1.18 bits per heavy atom. The van der Waals surface area contributed by atoms with Gasteiger partial charge in [0.05, 0.1) is 5.69 Å². The van der Waals surface area contributed by atoms with E-state index in [0.29, 0.717) is 5.52 Å². The number of fused-ring (bicyclic) bond motifs is 1. The lowest BCUT2D eigenvalue weighted by molar-refractivity contribution is 0.715. The molecule has 0 amide bonds. The first-order valence-electron chi connectivity index (χ1n) is 6.11. The molecule has 2 heterocycles. The predicted molar refractivity (Wildman–Crippen MR) is 67.1 cm³/mol. The number of aryl methyl sites for hydroxylation is 2. The Morgan fingerprint density at radius 3 is 2.53 bits per heavy atom. The smallest absolute Gasteiger partial charge is 0.281 e. The van der Waals surface area contributed by atoms with Gasteiger partial charge in [-0.2, -0.15) is 5.10 Å². The van der Waals surface area contributed by atoms with Gasteiger partial charge in [-0.1, -0.05) is 20.3 Å². The highest BCUT2D eigenvalue weighted by atomic mass is 16.1. The lowest BCUT2D eigenvalue weighted by Gasteiger charge is -2.05. The number of H-pyrrole nitrogens is 1. The maximum atomic E-state index is 12.1. The van der Waals surface area contributed by atoms with E-state index in [4.69, 9.17) is 0 Å². The molecule has 0 aromatic carbocycles. The van der Waals surface area contributed by atoms with Gasteiger partial charge < -0.3 is 0 Å². The average Bonchev–Trinajstić information content (AvgIpc) is 2.70. The Hall–Kier alpha value is -1.65. The molecule has 5 nitrogen and oxygen atoms in total. The van der Waals surface area contributed by atoms with Gasteiger partial charge in [-0.3, -0.25) is 14.5 Å². The van der Waals surface area contributed by atoms with E-state index in [-0.39, 0.29) is 5.56 Å². The second kappa shape index (κ2) is 4.69. The van der Waals surface area contributed by atoms with Crippen LogP contribution < -0.4 is 5.56 Å². The SMILES string of the molecule is CCCc1[nH]nc2c(=O)n(C)c(CCC)nc12. The summed E-state index contributed by atoms with van der Waals surface area (Å²) in [6.07, 6.45) is 3.69. The van der Waals surface area contributed by atoms with E-state index in [2.05, 4.69) is 29.0 Å². The molecule has 17 heavy (non-hydrogen) atoms. The monoisotopic (exact) mass is 234 g/mol. The predicted octanol–water partition coefficient (Wildman–Crippen LogP) is 1.56. The van der Waals surface area contributed by atoms with E-state index in [1.165, 1.54) is 0 Å². The molecule has 2 rings (SSSR count). The third-order valence-electron chi connectivity index (χ3n) is 2.92. The molecule has 0 fully saturated rings. The minimum atomic E-state index is -0.0583. The molecule has 0 atom stereocenters. The largest absolute Gasteiger partial charge is 0.298 e. The Kier molecular flexibility index (Phi) is 3.26. The van der Waals surface area contributed by atoms with Crippen molar-refractivity contribution in [2.45, 2.75) is 39.5 Å². The van der Waals surface area contributed by atoms with Crippen LogP contribution >= 0.6 is 0 Å². The van der Waals surface area contributed by atoms with Crippen LogP contribution in [0.3, 0.4) is 0 Å². The minimum absolute atomic E-state index is 0.0583. The first-order valence-corrected chi connectivity index (χ1v) is 6.11. The highest BCUT2D eigenvalue weighted by Gasteiger charge is 2.13. The van der Waals surface area contributed by atoms with Gasteiger partial charge in [-0.25, -0.2) is 4.98 Å². The maximum absolute atomic E-state index is 12.1. The van der Waals surface area contributed by atoms with E-state index in [1.54, 1.807) is 11.6 Å².